The summed E-state index contributed by atoms with van der Waals surface area (Å²) in [5, 5.41) is 13.9. The maximum Gasteiger partial charge on any atom is 0.270 e. The fraction of sp³-hybridized carbons (Fsp3) is 0.385. The van der Waals surface area contributed by atoms with E-state index in [1.165, 1.54) is 6.07 Å². The summed E-state index contributed by atoms with van der Waals surface area (Å²) in [5.41, 5.74) is 0.959. The van der Waals surface area contributed by atoms with Crippen LogP contribution < -0.4 is 5.32 Å². The second kappa shape index (κ2) is 8.79. The Balaban J connectivity index is 2.33. The van der Waals surface area contributed by atoms with Crippen LogP contribution in [0.15, 0.2) is 35.3 Å². The highest BCUT2D eigenvalue weighted by Gasteiger charge is 2.08. The smallest absolute Gasteiger partial charge is 0.270 e. The number of hydrogen-bond acceptors (Lipinski definition) is 4. The highest BCUT2D eigenvalue weighted by molar-refractivity contribution is 9.10. The maximum atomic E-state index is 10.7. The topological polar surface area (TPSA) is 64.4 Å². The van der Waals surface area contributed by atoms with Gasteiger partial charge in [-0.3, -0.25) is 10.1 Å². The Hall–Kier alpha value is -1.24. The summed E-state index contributed by atoms with van der Waals surface area (Å²) >= 11 is 3.27. The highest BCUT2D eigenvalue weighted by Crippen LogP contribution is 2.21. The van der Waals surface area contributed by atoms with Crippen molar-refractivity contribution < 1.29 is 9.66 Å². The number of ether oxygens (including phenoxy) is 1. The largest absolute Gasteiger partial charge is 0.380 e. The molecular weight excluding hydrogens is 312 g/mol. The van der Waals surface area contributed by atoms with Gasteiger partial charge in [0, 0.05) is 29.7 Å². The van der Waals surface area contributed by atoms with E-state index in [0.717, 1.165) is 12.0 Å². The lowest BCUT2D eigenvalue weighted by atomic mass is 10.2. The van der Waals surface area contributed by atoms with E-state index in [2.05, 4.69) is 27.8 Å². The van der Waals surface area contributed by atoms with Crippen LogP contribution in [0.4, 0.5) is 5.69 Å². The number of rotatable bonds is 9. The fourth-order valence-corrected chi connectivity index (χ4v) is 2.02. The van der Waals surface area contributed by atoms with E-state index in [4.69, 9.17) is 4.74 Å². The van der Waals surface area contributed by atoms with Crippen molar-refractivity contribution in [3.8, 4) is 0 Å². The molecule has 0 bridgehead atoms. The van der Waals surface area contributed by atoms with E-state index in [1.807, 2.05) is 12.1 Å². The SMILES string of the molecule is C=CCCOCCNCc1cc(Br)cc([N+](=O)[O-])c1. The summed E-state index contributed by atoms with van der Waals surface area (Å²) in [5.74, 6) is 0. The van der Waals surface area contributed by atoms with Crippen molar-refractivity contribution in [2.24, 2.45) is 0 Å². The summed E-state index contributed by atoms with van der Waals surface area (Å²) in [4.78, 5) is 10.3. The van der Waals surface area contributed by atoms with Gasteiger partial charge in [-0.25, -0.2) is 0 Å². The number of nitrogens with one attached hydrogen (secondary N) is 1. The normalized spacial score (nSPS) is 10.4. The molecule has 0 saturated heterocycles. The van der Waals surface area contributed by atoms with E-state index in [1.54, 1.807) is 6.07 Å². The first kappa shape index (κ1) is 15.8. The summed E-state index contributed by atoms with van der Waals surface area (Å²) < 4.78 is 6.06. The molecule has 0 heterocycles. The van der Waals surface area contributed by atoms with Crippen molar-refractivity contribution in [3.63, 3.8) is 0 Å². The number of nitrogens with zero attached hydrogens (tertiary/aromatic N) is 1. The van der Waals surface area contributed by atoms with Gasteiger partial charge in [0.2, 0.25) is 0 Å². The molecule has 0 unspecified atom stereocenters. The Labute approximate surface area is 120 Å². The van der Waals surface area contributed by atoms with Gasteiger partial charge in [0.1, 0.15) is 0 Å². The second-order valence-corrected chi connectivity index (χ2v) is 4.86. The van der Waals surface area contributed by atoms with Gasteiger partial charge >= 0.3 is 0 Å². The number of halogens is 1. The van der Waals surface area contributed by atoms with Crippen LogP contribution in [0.25, 0.3) is 0 Å². The van der Waals surface area contributed by atoms with E-state index >= 15 is 0 Å². The van der Waals surface area contributed by atoms with Crippen LogP contribution in [0, 0.1) is 10.1 Å². The number of nitro groups is 1. The predicted molar refractivity (Wildman–Crippen MR) is 78.1 cm³/mol. The van der Waals surface area contributed by atoms with Gasteiger partial charge in [0.15, 0.2) is 0 Å². The van der Waals surface area contributed by atoms with Crippen molar-refractivity contribution in [1.29, 1.82) is 0 Å². The molecule has 1 aromatic carbocycles. The van der Waals surface area contributed by atoms with Gasteiger partial charge < -0.3 is 10.1 Å². The molecule has 104 valence electrons. The summed E-state index contributed by atoms with van der Waals surface area (Å²) in [6.07, 6.45) is 2.66. The van der Waals surface area contributed by atoms with Gasteiger partial charge in [-0.15, -0.1) is 6.58 Å². The standard InChI is InChI=1S/C13H17BrN2O3/c1-2-3-5-19-6-4-15-10-11-7-12(14)9-13(8-11)16(17)18/h2,7-9,15H,1,3-6,10H2. The highest BCUT2D eigenvalue weighted by atomic mass is 79.9. The number of benzene rings is 1. The Bertz CT molecular complexity index is 438. The molecule has 0 spiro atoms. The lowest BCUT2D eigenvalue weighted by Gasteiger charge is -2.06. The van der Waals surface area contributed by atoms with Gasteiger partial charge in [0.25, 0.3) is 5.69 Å². The van der Waals surface area contributed by atoms with Crippen LogP contribution in [-0.2, 0) is 11.3 Å². The molecule has 0 fully saturated rings. The van der Waals surface area contributed by atoms with Crippen LogP contribution in [0.5, 0.6) is 0 Å². The minimum absolute atomic E-state index is 0.0911. The zero-order chi connectivity index (χ0) is 14.1. The molecule has 0 radical (unpaired) electrons. The third-order valence-electron chi connectivity index (χ3n) is 2.37. The molecule has 0 aliphatic rings. The summed E-state index contributed by atoms with van der Waals surface area (Å²) in [6.45, 7) is 6.18. The zero-order valence-electron chi connectivity index (χ0n) is 10.6. The molecule has 1 N–H and O–H groups in total. The zero-order valence-corrected chi connectivity index (χ0v) is 12.2. The minimum Gasteiger partial charge on any atom is -0.380 e. The summed E-state index contributed by atoms with van der Waals surface area (Å²) in [7, 11) is 0. The van der Waals surface area contributed by atoms with Crippen molar-refractivity contribution >= 4 is 21.6 Å². The molecular formula is C13H17BrN2O3. The molecule has 0 aliphatic carbocycles. The van der Waals surface area contributed by atoms with Crippen molar-refractivity contribution in [1.82, 2.24) is 5.32 Å². The third-order valence-corrected chi connectivity index (χ3v) is 2.83. The summed E-state index contributed by atoms with van der Waals surface area (Å²) in [6, 6.07) is 4.91. The monoisotopic (exact) mass is 328 g/mol. The van der Waals surface area contributed by atoms with E-state index in [0.29, 0.717) is 30.8 Å². The molecule has 1 aromatic rings. The molecule has 0 aliphatic heterocycles. The number of hydrogen-bond donors (Lipinski definition) is 1. The number of nitro benzene ring substituents is 1. The maximum absolute atomic E-state index is 10.7. The Morgan fingerprint density at radius 1 is 1.42 bits per heavy atom. The molecule has 0 saturated carbocycles. The Morgan fingerprint density at radius 3 is 2.89 bits per heavy atom. The van der Waals surface area contributed by atoms with Crippen LogP contribution >= 0.6 is 15.9 Å². The quantitative estimate of drug-likeness (QED) is 0.327. The minimum atomic E-state index is -0.396. The Kier molecular flexibility index (Phi) is 7.32. The Morgan fingerprint density at radius 2 is 2.21 bits per heavy atom. The van der Waals surface area contributed by atoms with E-state index < -0.39 is 4.92 Å². The molecule has 0 amide bonds. The first-order valence-corrected chi connectivity index (χ1v) is 6.76. The molecule has 0 atom stereocenters. The molecule has 19 heavy (non-hydrogen) atoms. The van der Waals surface area contributed by atoms with Gasteiger partial charge in [-0.05, 0) is 18.1 Å². The molecule has 6 heteroatoms. The van der Waals surface area contributed by atoms with Gasteiger partial charge in [0.05, 0.1) is 18.1 Å². The predicted octanol–water partition coefficient (Wildman–Crippen LogP) is 3.04. The van der Waals surface area contributed by atoms with Crippen LogP contribution in [0.2, 0.25) is 0 Å². The average molecular weight is 329 g/mol. The fourth-order valence-electron chi connectivity index (χ4n) is 1.49. The molecule has 1 rings (SSSR count). The van der Waals surface area contributed by atoms with Crippen molar-refractivity contribution in [2.45, 2.75) is 13.0 Å². The molecule has 5 nitrogen and oxygen atoms in total. The average Bonchev–Trinajstić information content (AvgIpc) is 2.37. The second-order valence-electron chi connectivity index (χ2n) is 3.94. The lowest BCUT2D eigenvalue weighted by Crippen LogP contribution is -2.19. The molecule has 0 aromatic heterocycles. The van der Waals surface area contributed by atoms with Gasteiger partial charge in [-0.1, -0.05) is 22.0 Å². The van der Waals surface area contributed by atoms with Gasteiger partial charge in [-0.2, -0.15) is 0 Å². The van der Waals surface area contributed by atoms with Crippen LogP contribution in [0.1, 0.15) is 12.0 Å². The van der Waals surface area contributed by atoms with E-state index in [-0.39, 0.29) is 5.69 Å². The first-order valence-electron chi connectivity index (χ1n) is 5.96. The van der Waals surface area contributed by atoms with Crippen molar-refractivity contribution in [3.05, 3.63) is 51.0 Å². The lowest BCUT2D eigenvalue weighted by molar-refractivity contribution is -0.385. The van der Waals surface area contributed by atoms with Crippen molar-refractivity contribution in [2.75, 3.05) is 19.8 Å². The third kappa shape index (κ3) is 6.47. The number of non-ortho nitro benzene ring substituents is 1. The van der Waals surface area contributed by atoms with E-state index in [9.17, 15) is 10.1 Å². The first-order chi connectivity index (χ1) is 9.13. The van der Waals surface area contributed by atoms with Crippen LogP contribution in [0.3, 0.4) is 0 Å². The van der Waals surface area contributed by atoms with Crippen LogP contribution in [-0.4, -0.2) is 24.7 Å².